The average molecular weight is 231 g/mol. The summed E-state index contributed by atoms with van der Waals surface area (Å²) in [6.07, 6.45) is 0. The fraction of sp³-hybridized carbons (Fsp3) is 0.385. The van der Waals surface area contributed by atoms with Gasteiger partial charge in [-0.1, -0.05) is 0 Å². The molecule has 0 fully saturated rings. The molecule has 0 saturated heterocycles. The second-order valence-corrected chi connectivity index (χ2v) is 4.90. The minimum absolute atomic E-state index is 0.165. The first-order chi connectivity index (χ1) is 7.83. The Morgan fingerprint density at radius 3 is 2.24 bits per heavy atom. The van der Waals surface area contributed by atoms with Crippen LogP contribution in [0.4, 0.5) is 10.5 Å². The van der Waals surface area contributed by atoms with Crippen LogP contribution in [0.15, 0.2) is 24.3 Å². The lowest BCUT2D eigenvalue weighted by Crippen LogP contribution is -2.47. The maximum Gasteiger partial charge on any atom is 0.322 e. The van der Waals surface area contributed by atoms with E-state index in [9.17, 15) is 4.79 Å². The molecule has 4 heteroatoms. The van der Waals surface area contributed by atoms with Crippen molar-refractivity contribution in [2.24, 2.45) is 0 Å². The Morgan fingerprint density at radius 2 is 1.82 bits per heavy atom. The first-order valence-electron chi connectivity index (χ1n) is 5.39. The van der Waals surface area contributed by atoms with Crippen molar-refractivity contribution in [1.29, 1.82) is 5.26 Å². The van der Waals surface area contributed by atoms with Crippen LogP contribution in [-0.2, 0) is 0 Å². The van der Waals surface area contributed by atoms with Crippen LogP contribution in [0.5, 0.6) is 0 Å². The number of hydrogen-bond acceptors (Lipinski definition) is 2. The molecular formula is C13H17N3O. The maximum absolute atomic E-state index is 11.9. The van der Waals surface area contributed by atoms with Crippen LogP contribution in [0.1, 0.15) is 26.3 Å². The fourth-order valence-electron chi connectivity index (χ4n) is 1.28. The summed E-state index contributed by atoms with van der Waals surface area (Å²) >= 11 is 0. The largest absolute Gasteiger partial charge is 0.333 e. The summed E-state index contributed by atoms with van der Waals surface area (Å²) in [6.45, 7) is 5.78. The molecular weight excluding hydrogens is 214 g/mol. The van der Waals surface area contributed by atoms with Gasteiger partial charge >= 0.3 is 6.03 Å². The fourth-order valence-corrected chi connectivity index (χ4v) is 1.28. The van der Waals surface area contributed by atoms with E-state index >= 15 is 0 Å². The second kappa shape index (κ2) is 4.88. The van der Waals surface area contributed by atoms with Crippen LogP contribution in [0, 0.1) is 11.3 Å². The minimum Gasteiger partial charge on any atom is -0.333 e. The minimum atomic E-state index is -0.266. The quantitative estimate of drug-likeness (QED) is 0.807. The van der Waals surface area contributed by atoms with Gasteiger partial charge in [-0.3, -0.25) is 4.90 Å². The number of benzene rings is 1. The van der Waals surface area contributed by atoms with Crippen molar-refractivity contribution in [3.8, 4) is 6.07 Å². The van der Waals surface area contributed by atoms with E-state index in [0.717, 1.165) is 5.69 Å². The van der Waals surface area contributed by atoms with Crippen molar-refractivity contribution in [1.82, 2.24) is 5.32 Å². The second-order valence-electron chi connectivity index (χ2n) is 4.90. The van der Waals surface area contributed by atoms with Gasteiger partial charge < -0.3 is 5.32 Å². The molecule has 0 radical (unpaired) electrons. The lowest BCUT2D eigenvalue weighted by molar-refractivity contribution is 0.239. The third-order valence-electron chi connectivity index (χ3n) is 2.17. The molecule has 4 nitrogen and oxygen atoms in total. The summed E-state index contributed by atoms with van der Waals surface area (Å²) in [6, 6.07) is 8.76. The van der Waals surface area contributed by atoms with Crippen LogP contribution in [0.2, 0.25) is 0 Å². The number of nitriles is 1. The zero-order valence-corrected chi connectivity index (χ0v) is 10.6. The lowest BCUT2D eigenvalue weighted by atomic mass is 10.1. The first-order valence-corrected chi connectivity index (χ1v) is 5.39. The Labute approximate surface area is 102 Å². The van der Waals surface area contributed by atoms with Gasteiger partial charge in [0.15, 0.2) is 0 Å². The highest BCUT2D eigenvalue weighted by Crippen LogP contribution is 2.14. The highest BCUT2D eigenvalue weighted by atomic mass is 16.2. The van der Waals surface area contributed by atoms with E-state index in [-0.39, 0.29) is 11.6 Å². The van der Waals surface area contributed by atoms with Gasteiger partial charge in [0, 0.05) is 18.3 Å². The van der Waals surface area contributed by atoms with Crippen LogP contribution in [0.3, 0.4) is 0 Å². The Hall–Kier alpha value is -2.02. The molecule has 0 aromatic heterocycles. The Bertz CT molecular complexity index is 437. The molecule has 0 aliphatic carbocycles. The highest BCUT2D eigenvalue weighted by molar-refractivity contribution is 5.91. The summed E-state index contributed by atoms with van der Waals surface area (Å²) < 4.78 is 0. The zero-order valence-electron chi connectivity index (χ0n) is 10.6. The van der Waals surface area contributed by atoms with Crippen LogP contribution < -0.4 is 10.2 Å². The SMILES string of the molecule is CN(C(=O)NC(C)(C)C)c1ccc(C#N)cc1. The van der Waals surface area contributed by atoms with Crippen LogP contribution in [-0.4, -0.2) is 18.6 Å². The number of anilines is 1. The van der Waals surface area contributed by atoms with Gasteiger partial charge in [-0.05, 0) is 45.0 Å². The van der Waals surface area contributed by atoms with E-state index in [1.165, 1.54) is 4.90 Å². The Morgan fingerprint density at radius 1 is 1.29 bits per heavy atom. The van der Waals surface area contributed by atoms with E-state index in [1.54, 1.807) is 31.3 Å². The Balaban J connectivity index is 2.79. The molecule has 1 rings (SSSR count). The van der Waals surface area contributed by atoms with Gasteiger partial charge in [-0.2, -0.15) is 5.26 Å². The summed E-state index contributed by atoms with van der Waals surface area (Å²) in [4.78, 5) is 13.4. The molecule has 0 unspecified atom stereocenters. The molecule has 1 N–H and O–H groups in total. The van der Waals surface area contributed by atoms with Gasteiger partial charge in [0.1, 0.15) is 0 Å². The molecule has 0 heterocycles. The summed E-state index contributed by atoms with van der Waals surface area (Å²) in [7, 11) is 1.70. The smallest absolute Gasteiger partial charge is 0.322 e. The number of rotatable bonds is 1. The van der Waals surface area contributed by atoms with E-state index in [4.69, 9.17) is 5.26 Å². The van der Waals surface area contributed by atoms with Crippen molar-refractivity contribution in [3.05, 3.63) is 29.8 Å². The molecule has 0 saturated carbocycles. The van der Waals surface area contributed by atoms with Gasteiger partial charge in [-0.25, -0.2) is 4.79 Å². The standard InChI is InChI=1S/C13H17N3O/c1-13(2,3)15-12(17)16(4)11-7-5-10(9-14)6-8-11/h5-8H,1-4H3,(H,15,17). The molecule has 0 aliphatic rings. The third-order valence-corrected chi connectivity index (χ3v) is 2.17. The number of nitrogens with zero attached hydrogens (tertiary/aromatic N) is 2. The van der Waals surface area contributed by atoms with Gasteiger partial charge in [0.25, 0.3) is 0 Å². The molecule has 0 aliphatic heterocycles. The molecule has 90 valence electrons. The third kappa shape index (κ3) is 3.80. The number of carbonyl (C=O) groups is 1. The van der Waals surface area contributed by atoms with E-state index in [2.05, 4.69) is 5.32 Å². The van der Waals surface area contributed by atoms with E-state index in [0.29, 0.717) is 5.56 Å². The maximum atomic E-state index is 11.9. The zero-order chi connectivity index (χ0) is 13.1. The molecule has 1 aromatic carbocycles. The van der Waals surface area contributed by atoms with E-state index in [1.807, 2.05) is 26.8 Å². The van der Waals surface area contributed by atoms with Crippen molar-refractivity contribution in [2.75, 3.05) is 11.9 Å². The topological polar surface area (TPSA) is 56.1 Å². The van der Waals surface area contributed by atoms with Crippen LogP contribution in [0.25, 0.3) is 0 Å². The lowest BCUT2D eigenvalue weighted by Gasteiger charge is -2.25. The molecule has 1 aromatic rings. The number of nitrogens with one attached hydrogen (secondary N) is 1. The monoisotopic (exact) mass is 231 g/mol. The molecule has 17 heavy (non-hydrogen) atoms. The summed E-state index contributed by atoms with van der Waals surface area (Å²) in [5.41, 5.74) is 1.07. The Kier molecular flexibility index (Phi) is 3.74. The number of amides is 2. The van der Waals surface area contributed by atoms with Crippen molar-refractivity contribution in [3.63, 3.8) is 0 Å². The number of hydrogen-bond donors (Lipinski definition) is 1. The number of urea groups is 1. The highest BCUT2D eigenvalue weighted by Gasteiger charge is 2.17. The van der Waals surface area contributed by atoms with Crippen LogP contribution >= 0.6 is 0 Å². The molecule has 0 spiro atoms. The van der Waals surface area contributed by atoms with Crippen molar-refractivity contribution >= 4 is 11.7 Å². The average Bonchev–Trinajstić information content (AvgIpc) is 2.26. The van der Waals surface area contributed by atoms with Gasteiger partial charge in [0.2, 0.25) is 0 Å². The van der Waals surface area contributed by atoms with Gasteiger partial charge in [0.05, 0.1) is 11.6 Å². The first kappa shape index (κ1) is 13.0. The number of carbonyl (C=O) groups excluding carboxylic acids is 1. The van der Waals surface area contributed by atoms with Crippen molar-refractivity contribution in [2.45, 2.75) is 26.3 Å². The van der Waals surface area contributed by atoms with Crippen molar-refractivity contribution < 1.29 is 4.79 Å². The molecule has 0 atom stereocenters. The summed E-state index contributed by atoms with van der Waals surface area (Å²) in [5, 5.41) is 11.6. The molecule has 0 bridgehead atoms. The van der Waals surface area contributed by atoms with Gasteiger partial charge in [-0.15, -0.1) is 0 Å². The van der Waals surface area contributed by atoms with E-state index < -0.39 is 0 Å². The predicted octanol–water partition coefficient (Wildman–Crippen LogP) is 2.50. The summed E-state index contributed by atoms with van der Waals surface area (Å²) in [5.74, 6) is 0. The predicted molar refractivity (Wildman–Crippen MR) is 67.8 cm³/mol. The molecule has 2 amide bonds. The normalized spacial score (nSPS) is 10.5.